The Kier molecular flexibility index (Phi) is 3.94. The van der Waals surface area contributed by atoms with Crippen LogP contribution in [0.3, 0.4) is 0 Å². The molecule has 4 nitrogen and oxygen atoms in total. The summed E-state index contributed by atoms with van der Waals surface area (Å²) in [6, 6.07) is 12.7. The molecule has 0 amide bonds. The minimum atomic E-state index is -4.01. The molecule has 7 heteroatoms. The van der Waals surface area contributed by atoms with Crippen molar-refractivity contribution in [2.75, 3.05) is 6.98 Å². The smallest absolute Gasteiger partial charge is 0.268 e. The van der Waals surface area contributed by atoms with E-state index in [9.17, 15) is 12.8 Å². The molecule has 2 aromatic carbocycles. The van der Waals surface area contributed by atoms with Crippen molar-refractivity contribution in [3.05, 3.63) is 77.2 Å². The van der Waals surface area contributed by atoms with Crippen molar-refractivity contribution in [3.8, 4) is 11.3 Å². The Bertz CT molecular complexity index is 1100. The van der Waals surface area contributed by atoms with Gasteiger partial charge >= 0.3 is 0 Å². The molecule has 3 aromatic rings. The van der Waals surface area contributed by atoms with E-state index in [0.29, 0.717) is 16.1 Å². The molecule has 0 atom stereocenters. The van der Waals surface area contributed by atoms with Gasteiger partial charge in [0.2, 0.25) is 0 Å². The normalized spacial score (nSPS) is 13.9. The van der Waals surface area contributed by atoms with Crippen LogP contribution in [0.2, 0.25) is 5.02 Å². The summed E-state index contributed by atoms with van der Waals surface area (Å²) in [6.07, 6.45) is 1.32. The highest BCUT2D eigenvalue weighted by Crippen LogP contribution is 2.28. The average molecular weight is 382 g/mol. The molecule has 0 saturated carbocycles. The van der Waals surface area contributed by atoms with Crippen LogP contribution in [0.4, 0.5) is 4.39 Å². The molecular weight excluding hydrogens is 363 g/mol. The van der Waals surface area contributed by atoms with Gasteiger partial charge in [0, 0.05) is 27.4 Å². The molecule has 1 heterocycles. The first-order chi connectivity index (χ1) is 13.1. The second-order valence-electron chi connectivity index (χ2n) is 5.35. The minimum absolute atomic E-state index is 0.000448. The summed E-state index contributed by atoms with van der Waals surface area (Å²) in [6.45, 7) is -2.46. The molecule has 1 N–H and O–H groups in total. The Balaban J connectivity index is 2.12. The van der Waals surface area contributed by atoms with E-state index in [-0.39, 0.29) is 17.1 Å². The lowest BCUT2D eigenvalue weighted by atomic mass is 10.1. The second kappa shape index (κ2) is 7.00. The van der Waals surface area contributed by atoms with Crippen molar-refractivity contribution in [2.45, 2.75) is 11.4 Å². The molecule has 0 bridgehead atoms. The lowest BCUT2D eigenvalue weighted by Gasteiger charge is -2.11. The number of hydrogen-bond acceptors (Lipinski definition) is 3. The van der Waals surface area contributed by atoms with Crippen molar-refractivity contribution >= 4 is 21.6 Å². The van der Waals surface area contributed by atoms with Crippen LogP contribution < -0.4 is 5.32 Å². The molecule has 0 aliphatic rings. The van der Waals surface area contributed by atoms with E-state index in [2.05, 4.69) is 5.32 Å². The van der Waals surface area contributed by atoms with E-state index < -0.39 is 22.8 Å². The van der Waals surface area contributed by atoms with Crippen LogP contribution in [-0.4, -0.2) is 19.4 Å². The Morgan fingerprint density at radius 3 is 2.64 bits per heavy atom. The van der Waals surface area contributed by atoms with E-state index in [4.69, 9.17) is 15.7 Å². The highest BCUT2D eigenvalue weighted by atomic mass is 35.5. The summed E-state index contributed by atoms with van der Waals surface area (Å²) in [5.74, 6) is -0.517. The van der Waals surface area contributed by atoms with Crippen LogP contribution in [-0.2, 0) is 16.6 Å². The van der Waals surface area contributed by atoms with Gasteiger partial charge in [-0.25, -0.2) is 16.8 Å². The molecule has 0 saturated heterocycles. The van der Waals surface area contributed by atoms with E-state index in [1.54, 1.807) is 6.07 Å². The topological polar surface area (TPSA) is 51.1 Å². The van der Waals surface area contributed by atoms with Gasteiger partial charge in [-0.15, -0.1) is 0 Å². The molecule has 0 aliphatic heterocycles. The highest BCUT2D eigenvalue weighted by molar-refractivity contribution is 7.90. The molecule has 130 valence electrons. The number of benzene rings is 2. The standard InChI is InChI=1S/C18H16ClFN2O2S/c1-21-11-13-9-18(14-3-2-4-16(20)10-14)22(12-13)25(23,24)17-7-5-15(19)6-8-17/h2-10,12,21H,11H2,1H3/i1D3. The fourth-order valence-corrected chi connectivity index (χ4v) is 4.00. The predicted molar refractivity (Wildman–Crippen MR) is 96.6 cm³/mol. The van der Waals surface area contributed by atoms with Crippen LogP contribution in [0.5, 0.6) is 0 Å². The fourth-order valence-electron chi connectivity index (χ4n) is 2.47. The zero-order valence-electron chi connectivity index (χ0n) is 15.9. The van der Waals surface area contributed by atoms with Gasteiger partial charge < -0.3 is 5.32 Å². The average Bonchev–Trinajstić information content (AvgIpc) is 3.05. The van der Waals surface area contributed by atoms with Gasteiger partial charge in [0.05, 0.1) is 10.6 Å². The maximum absolute atomic E-state index is 13.7. The number of aromatic nitrogens is 1. The molecule has 25 heavy (non-hydrogen) atoms. The number of halogens is 2. The van der Waals surface area contributed by atoms with Crippen molar-refractivity contribution in [1.29, 1.82) is 0 Å². The Morgan fingerprint density at radius 2 is 1.96 bits per heavy atom. The number of nitrogens with zero attached hydrogens (tertiary/aromatic N) is 1. The third-order valence-electron chi connectivity index (χ3n) is 3.63. The summed E-state index contributed by atoms with van der Waals surface area (Å²) in [4.78, 5) is 0.000448. The van der Waals surface area contributed by atoms with E-state index in [0.717, 1.165) is 3.97 Å². The molecule has 0 aliphatic carbocycles. The summed E-state index contributed by atoms with van der Waals surface area (Å²) in [7, 11) is -4.01. The van der Waals surface area contributed by atoms with Gasteiger partial charge in [0.15, 0.2) is 0 Å². The van der Waals surface area contributed by atoms with Crippen LogP contribution in [0.1, 0.15) is 9.68 Å². The summed E-state index contributed by atoms with van der Waals surface area (Å²) in [5, 5.41) is 2.73. The molecular formula is C18H16ClFN2O2S. The third kappa shape index (κ3) is 3.61. The predicted octanol–water partition coefficient (Wildman–Crippen LogP) is 3.90. The van der Waals surface area contributed by atoms with E-state index in [1.165, 1.54) is 54.7 Å². The monoisotopic (exact) mass is 381 g/mol. The molecule has 0 fully saturated rings. The third-order valence-corrected chi connectivity index (χ3v) is 5.57. The maximum Gasteiger partial charge on any atom is 0.268 e. The fraction of sp³-hybridized carbons (Fsp3) is 0.111. The van der Waals surface area contributed by atoms with Crippen molar-refractivity contribution in [2.24, 2.45) is 0 Å². The van der Waals surface area contributed by atoms with Gasteiger partial charge in [-0.1, -0.05) is 23.7 Å². The van der Waals surface area contributed by atoms with Crippen LogP contribution in [0, 0.1) is 5.82 Å². The number of hydrogen-bond donors (Lipinski definition) is 1. The molecule has 0 unspecified atom stereocenters. The van der Waals surface area contributed by atoms with Crippen LogP contribution >= 0.6 is 11.6 Å². The van der Waals surface area contributed by atoms with Gasteiger partial charge in [-0.2, -0.15) is 0 Å². The zero-order chi connectivity index (χ0) is 20.5. The van der Waals surface area contributed by atoms with E-state index in [1.807, 2.05) is 0 Å². The second-order valence-corrected chi connectivity index (χ2v) is 7.60. The molecule has 0 spiro atoms. The summed E-state index contributed by atoms with van der Waals surface area (Å²) < 4.78 is 62.7. The Hall–Kier alpha value is -2.15. The SMILES string of the molecule is [2H]C([2H])([2H])NCc1cc(-c2cccc(F)c2)n(S(=O)(=O)c2ccc(Cl)cc2)c1. The number of nitrogens with one attached hydrogen (secondary N) is 1. The van der Waals surface area contributed by atoms with Crippen molar-refractivity contribution in [1.82, 2.24) is 9.29 Å². The largest absolute Gasteiger partial charge is 0.316 e. The maximum atomic E-state index is 13.7. The highest BCUT2D eigenvalue weighted by Gasteiger charge is 2.22. The first-order valence-electron chi connectivity index (χ1n) is 8.80. The Morgan fingerprint density at radius 1 is 1.20 bits per heavy atom. The molecule has 3 rings (SSSR count). The quantitative estimate of drug-likeness (QED) is 0.729. The first kappa shape index (κ1) is 14.1. The Labute approximate surface area is 155 Å². The van der Waals surface area contributed by atoms with Crippen LogP contribution in [0.25, 0.3) is 11.3 Å². The van der Waals surface area contributed by atoms with E-state index >= 15 is 0 Å². The summed E-state index contributed by atoms with van der Waals surface area (Å²) in [5.41, 5.74) is 0.988. The zero-order valence-corrected chi connectivity index (χ0v) is 14.5. The number of rotatable bonds is 5. The lowest BCUT2D eigenvalue weighted by molar-refractivity contribution is 0.587. The van der Waals surface area contributed by atoms with Crippen LogP contribution in [0.15, 0.2) is 65.7 Å². The molecule has 0 radical (unpaired) electrons. The van der Waals surface area contributed by atoms with Gasteiger partial charge in [-0.3, -0.25) is 0 Å². The van der Waals surface area contributed by atoms with Crippen molar-refractivity contribution in [3.63, 3.8) is 0 Å². The van der Waals surface area contributed by atoms with Crippen molar-refractivity contribution < 1.29 is 16.9 Å². The van der Waals surface area contributed by atoms with Gasteiger partial charge in [-0.05, 0) is 55.0 Å². The van der Waals surface area contributed by atoms with Gasteiger partial charge in [0.25, 0.3) is 10.0 Å². The lowest BCUT2D eigenvalue weighted by Crippen LogP contribution is -2.13. The summed E-state index contributed by atoms with van der Waals surface area (Å²) >= 11 is 5.84. The molecule has 1 aromatic heterocycles. The minimum Gasteiger partial charge on any atom is -0.316 e. The first-order valence-corrected chi connectivity index (χ1v) is 9.11. The van der Waals surface area contributed by atoms with Gasteiger partial charge in [0.1, 0.15) is 5.82 Å².